The van der Waals surface area contributed by atoms with Gasteiger partial charge in [-0.15, -0.1) is 0 Å². The first-order valence-electron chi connectivity index (χ1n) is 5.37. The van der Waals surface area contributed by atoms with Gasteiger partial charge in [0.15, 0.2) is 5.78 Å². The van der Waals surface area contributed by atoms with Gasteiger partial charge in [-0.05, 0) is 25.0 Å². The Bertz CT molecular complexity index is 502. The number of phenols is 2. The van der Waals surface area contributed by atoms with Crippen LogP contribution >= 0.6 is 0 Å². The van der Waals surface area contributed by atoms with E-state index in [9.17, 15) is 19.8 Å². The highest BCUT2D eigenvalue weighted by atomic mass is 16.4. The molecule has 0 spiro atoms. The van der Waals surface area contributed by atoms with E-state index in [1.54, 1.807) is 6.92 Å². The molecule has 0 saturated carbocycles. The number of phenolic OH excluding ortho intramolecular Hbond substituents is 2. The van der Waals surface area contributed by atoms with Crippen molar-refractivity contribution in [2.24, 2.45) is 0 Å². The fourth-order valence-electron chi connectivity index (χ4n) is 1.44. The maximum atomic E-state index is 11.8. The molecule has 0 unspecified atom stereocenters. The molecule has 0 aromatic heterocycles. The first-order valence-corrected chi connectivity index (χ1v) is 5.37. The number of aromatic hydroxyl groups is 2. The monoisotopic (exact) mass is 250 g/mol. The van der Waals surface area contributed by atoms with Crippen LogP contribution in [0.25, 0.3) is 0 Å². The topological polar surface area (TPSA) is 94.8 Å². The number of carbonyl (C=O) groups is 2. The van der Waals surface area contributed by atoms with E-state index in [1.165, 1.54) is 12.1 Å². The van der Waals surface area contributed by atoms with E-state index in [0.717, 1.165) is 12.1 Å². The summed E-state index contributed by atoms with van der Waals surface area (Å²) in [6.07, 6.45) is 2.73. The molecule has 1 rings (SSSR count). The summed E-state index contributed by atoms with van der Waals surface area (Å²) in [6, 6.07) is 2.53. The first kappa shape index (κ1) is 13.8. The Morgan fingerprint density at radius 3 is 2.50 bits per heavy atom. The van der Waals surface area contributed by atoms with E-state index in [4.69, 9.17) is 5.11 Å². The molecule has 5 nitrogen and oxygen atoms in total. The quantitative estimate of drug-likeness (QED) is 0.549. The fourth-order valence-corrected chi connectivity index (χ4v) is 1.44. The van der Waals surface area contributed by atoms with Crippen LogP contribution in [0.15, 0.2) is 24.3 Å². The molecule has 18 heavy (non-hydrogen) atoms. The molecule has 0 aliphatic carbocycles. The van der Waals surface area contributed by atoms with E-state index < -0.39 is 5.97 Å². The van der Waals surface area contributed by atoms with Gasteiger partial charge in [0, 0.05) is 18.6 Å². The van der Waals surface area contributed by atoms with Gasteiger partial charge in [0.1, 0.15) is 11.5 Å². The van der Waals surface area contributed by atoms with Gasteiger partial charge in [0.25, 0.3) is 0 Å². The molecule has 0 saturated heterocycles. The van der Waals surface area contributed by atoms with Crippen molar-refractivity contribution in [2.45, 2.75) is 19.8 Å². The molecule has 3 N–H and O–H groups in total. The standard InChI is InChI=1S/C13H14O5/c1-8-6-9(12(16)7-11(8)15)10(14)4-2-3-5-13(17)18/h3,5-7,15-16H,2,4H2,1H3,(H,17,18)/b5-3+. The molecule has 5 heteroatoms. The minimum Gasteiger partial charge on any atom is -0.508 e. The van der Waals surface area contributed by atoms with Crippen LogP contribution in [-0.2, 0) is 4.79 Å². The van der Waals surface area contributed by atoms with E-state index in [0.29, 0.717) is 5.56 Å². The van der Waals surface area contributed by atoms with Gasteiger partial charge in [-0.2, -0.15) is 0 Å². The second kappa shape index (κ2) is 5.86. The van der Waals surface area contributed by atoms with Crippen molar-refractivity contribution in [2.75, 3.05) is 0 Å². The summed E-state index contributed by atoms with van der Waals surface area (Å²) in [6.45, 7) is 1.62. The maximum absolute atomic E-state index is 11.8. The summed E-state index contributed by atoms with van der Waals surface area (Å²) in [7, 11) is 0. The van der Waals surface area contributed by atoms with Crippen LogP contribution in [0.4, 0.5) is 0 Å². The zero-order chi connectivity index (χ0) is 13.7. The number of carbonyl (C=O) groups excluding carboxylic acids is 1. The highest BCUT2D eigenvalue weighted by Gasteiger charge is 2.12. The van der Waals surface area contributed by atoms with Crippen molar-refractivity contribution in [1.29, 1.82) is 0 Å². The number of ketones is 1. The van der Waals surface area contributed by atoms with Gasteiger partial charge in [-0.25, -0.2) is 4.79 Å². The Morgan fingerprint density at radius 2 is 1.89 bits per heavy atom. The van der Waals surface area contributed by atoms with Crippen LogP contribution in [0.5, 0.6) is 11.5 Å². The Hall–Kier alpha value is -2.30. The fraction of sp³-hybridized carbons (Fsp3) is 0.231. The molecular formula is C13H14O5. The van der Waals surface area contributed by atoms with Gasteiger partial charge in [0.2, 0.25) is 0 Å². The molecule has 0 fully saturated rings. The number of carboxylic acids is 1. The summed E-state index contributed by atoms with van der Waals surface area (Å²) in [4.78, 5) is 22.0. The lowest BCUT2D eigenvalue weighted by Crippen LogP contribution is -1.99. The Kier molecular flexibility index (Phi) is 4.48. The van der Waals surface area contributed by atoms with Gasteiger partial charge in [-0.1, -0.05) is 6.08 Å². The number of allylic oxidation sites excluding steroid dienone is 1. The third-order valence-corrected chi connectivity index (χ3v) is 2.41. The third kappa shape index (κ3) is 3.62. The molecule has 0 amide bonds. The zero-order valence-corrected chi connectivity index (χ0v) is 9.88. The smallest absolute Gasteiger partial charge is 0.327 e. The van der Waals surface area contributed by atoms with Crippen LogP contribution < -0.4 is 0 Å². The Balaban J connectivity index is 2.73. The molecule has 0 heterocycles. The van der Waals surface area contributed by atoms with E-state index >= 15 is 0 Å². The second-order valence-corrected chi connectivity index (χ2v) is 3.86. The van der Waals surface area contributed by atoms with Crippen molar-refractivity contribution in [3.8, 4) is 11.5 Å². The maximum Gasteiger partial charge on any atom is 0.327 e. The Morgan fingerprint density at radius 1 is 1.22 bits per heavy atom. The SMILES string of the molecule is Cc1cc(C(=O)CC/C=C/C(=O)O)c(O)cc1O. The van der Waals surface area contributed by atoms with Gasteiger partial charge < -0.3 is 15.3 Å². The zero-order valence-electron chi connectivity index (χ0n) is 9.88. The van der Waals surface area contributed by atoms with Crippen LogP contribution in [-0.4, -0.2) is 27.1 Å². The number of aliphatic carboxylic acids is 1. The van der Waals surface area contributed by atoms with E-state index in [-0.39, 0.29) is 35.7 Å². The number of benzene rings is 1. The predicted molar refractivity (Wildman–Crippen MR) is 64.8 cm³/mol. The summed E-state index contributed by atoms with van der Waals surface area (Å²) < 4.78 is 0. The van der Waals surface area contributed by atoms with Crippen molar-refractivity contribution >= 4 is 11.8 Å². The summed E-state index contributed by atoms with van der Waals surface area (Å²) in [5.41, 5.74) is 0.631. The van der Waals surface area contributed by atoms with E-state index in [2.05, 4.69) is 0 Å². The van der Waals surface area contributed by atoms with Crippen LogP contribution in [0.3, 0.4) is 0 Å². The third-order valence-electron chi connectivity index (χ3n) is 2.41. The number of Topliss-reactive ketones (excluding diaryl/α,β-unsaturated/α-hetero) is 1. The normalized spacial score (nSPS) is 10.7. The average molecular weight is 250 g/mol. The highest BCUT2D eigenvalue weighted by Crippen LogP contribution is 2.27. The van der Waals surface area contributed by atoms with Crippen LogP contribution in [0.2, 0.25) is 0 Å². The molecule has 1 aromatic carbocycles. The number of carboxylic acid groups (broad SMARTS) is 1. The van der Waals surface area contributed by atoms with Crippen LogP contribution in [0.1, 0.15) is 28.8 Å². The molecule has 1 aromatic rings. The van der Waals surface area contributed by atoms with Crippen LogP contribution in [0, 0.1) is 6.92 Å². The molecule has 0 atom stereocenters. The lowest BCUT2D eigenvalue weighted by Gasteiger charge is -2.06. The van der Waals surface area contributed by atoms with Crippen molar-refractivity contribution < 1.29 is 24.9 Å². The summed E-state index contributed by atoms with van der Waals surface area (Å²) in [5, 5.41) is 27.2. The summed E-state index contributed by atoms with van der Waals surface area (Å²) in [5.74, 6) is -1.71. The van der Waals surface area contributed by atoms with Crippen molar-refractivity contribution in [3.05, 3.63) is 35.4 Å². The average Bonchev–Trinajstić information content (AvgIpc) is 2.28. The molecule has 0 aliphatic heterocycles. The van der Waals surface area contributed by atoms with Gasteiger partial charge in [-0.3, -0.25) is 4.79 Å². The minimum absolute atomic E-state index is 0.0742. The molecule has 96 valence electrons. The van der Waals surface area contributed by atoms with Gasteiger partial charge >= 0.3 is 5.97 Å². The predicted octanol–water partition coefficient (Wildman–Crippen LogP) is 2.01. The number of aryl methyl sites for hydroxylation is 1. The molecule has 0 bridgehead atoms. The number of hydrogen-bond acceptors (Lipinski definition) is 4. The van der Waals surface area contributed by atoms with Gasteiger partial charge in [0.05, 0.1) is 5.56 Å². The first-order chi connectivity index (χ1) is 8.41. The lowest BCUT2D eigenvalue weighted by molar-refractivity contribution is -0.131. The van der Waals surface area contributed by atoms with Crippen molar-refractivity contribution in [1.82, 2.24) is 0 Å². The van der Waals surface area contributed by atoms with E-state index in [1.807, 2.05) is 0 Å². The number of hydrogen-bond donors (Lipinski definition) is 3. The Labute approximate surface area is 104 Å². The molecule has 0 radical (unpaired) electrons. The minimum atomic E-state index is -1.06. The second-order valence-electron chi connectivity index (χ2n) is 3.86. The molecule has 0 aliphatic rings. The summed E-state index contributed by atoms with van der Waals surface area (Å²) >= 11 is 0. The molecular weight excluding hydrogens is 236 g/mol. The van der Waals surface area contributed by atoms with Crippen molar-refractivity contribution in [3.63, 3.8) is 0 Å². The number of rotatable bonds is 5. The lowest BCUT2D eigenvalue weighted by atomic mass is 10.0. The largest absolute Gasteiger partial charge is 0.508 e. The highest BCUT2D eigenvalue weighted by molar-refractivity contribution is 5.99.